The number of hydrogen-bond acceptors (Lipinski definition) is 1. The molecule has 1 unspecified atom stereocenters. The van der Waals surface area contributed by atoms with E-state index in [1.807, 2.05) is 0 Å². The molecule has 1 atom stereocenters. The summed E-state index contributed by atoms with van der Waals surface area (Å²) in [5.74, 6) is 0. The molecule has 1 aromatic rings. The Labute approximate surface area is 112 Å². The summed E-state index contributed by atoms with van der Waals surface area (Å²) in [6.07, 6.45) is 7.17. The van der Waals surface area contributed by atoms with Crippen LogP contribution in [0.2, 0.25) is 0 Å². The van der Waals surface area contributed by atoms with Crippen molar-refractivity contribution in [2.24, 2.45) is 11.1 Å². The average Bonchev–Trinajstić information content (AvgIpc) is 2.34. The summed E-state index contributed by atoms with van der Waals surface area (Å²) in [5, 5.41) is 0. The maximum atomic E-state index is 6.74. The van der Waals surface area contributed by atoms with Gasteiger partial charge in [-0.05, 0) is 42.2 Å². The molecule has 0 amide bonds. The molecule has 0 saturated heterocycles. The van der Waals surface area contributed by atoms with Gasteiger partial charge in [0, 0.05) is 5.54 Å². The molecule has 100 valence electrons. The zero-order chi connectivity index (χ0) is 13.2. The van der Waals surface area contributed by atoms with Gasteiger partial charge in [-0.1, -0.05) is 57.9 Å². The number of hydrogen-bond donors (Lipinski definition) is 1. The fourth-order valence-corrected chi connectivity index (χ4v) is 3.18. The first-order valence-corrected chi connectivity index (χ1v) is 7.33. The van der Waals surface area contributed by atoms with Crippen LogP contribution in [0.15, 0.2) is 24.3 Å². The van der Waals surface area contributed by atoms with Crippen LogP contribution in [-0.2, 0) is 12.8 Å². The van der Waals surface area contributed by atoms with Crippen LogP contribution >= 0.6 is 0 Å². The van der Waals surface area contributed by atoms with Gasteiger partial charge in [0.25, 0.3) is 0 Å². The van der Waals surface area contributed by atoms with Crippen molar-refractivity contribution in [3.8, 4) is 0 Å². The zero-order valence-electron chi connectivity index (χ0n) is 12.1. The Balaban J connectivity index is 2.15. The summed E-state index contributed by atoms with van der Waals surface area (Å²) in [5.41, 5.74) is 9.77. The predicted molar refractivity (Wildman–Crippen MR) is 78.7 cm³/mol. The highest BCUT2D eigenvalue weighted by atomic mass is 14.8. The third-order valence-corrected chi connectivity index (χ3v) is 4.97. The molecule has 2 rings (SSSR count). The molecule has 1 aliphatic carbocycles. The van der Waals surface area contributed by atoms with Gasteiger partial charge in [0.2, 0.25) is 0 Å². The first kappa shape index (κ1) is 13.6. The molecular formula is C17H27N. The minimum atomic E-state index is -0.0288. The third kappa shape index (κ3) is 2.61. The molecule has 0 spiro atoms. The Morgan fingerprint density at radius 1 is 1.00 bits per heavy atom. The van der Waals surface area contributed by atoms with Crippen LogP contribution in [0.1, 0.15) is 57.6 Å². The van der Waals surface area contributed by atoms with Crippen molar-refractivity contribution < 1.29 is 0 Å². The van der Waals surface area contributed by atoms with E-state index in [1.54, 1.807) is 0 Å². The fourth-order valence-electron chi connectivity index (χ4n) is 3.18. The van der Waals surface area contributed by atoms with Crippen molar-refractivity contribution >= 4 is 0 Å². The van der Waals surface area contributed by atoms with Crippen LogP contribution in [0.4, 0.5) is 0 Å². The first-order valence-electron chi connectivity index (χ1n) is 7.33. The van der Waals surface area contributed by atoms with Gasteiger partial charge in [0.1, 0.15) is 0 Å². The topological polar surface area (TPSA) is 26.0 Å². The van der Waals surface area contributed by atoms with Crippen LogP contribution in [0.3, 0.4) is 0 Å². The highest BCUT2D eigenvalue weighted by Crippen LogP contribution is 2.43. The number of nitrogens with two attached hydrogens (primary N) is 1. The van der Waals surface area contributed by atoms with Gasteiger partial charge in [-0.3, -0.25) is 0 Å². The van der Waals surface area contributed by atoms with Crippen molar-refractivity contribution in [3.63, 3.8) is 0 Å². The van der Waals surface area contributed by atoms with Crippen LogP contribution in [0.5, 0.6) is 0 Å². The van der Waals surface area contributed by atoms with Gasteiger partial charge < -0.3 is 5.73 Å². The van der Waals surface area contributed by atoms with E-state index in [4.69, 9.17) is 5.73 Å². The Bertz CT molecular complexity index is 391. The largest absolute Gasteiger partial charge is 0.324 e. The summed E-state index contributed by atoms with van der Waals surface area (Å²) in [7, 11) is 0. The highest BCUT2D eigenvalue weighted by molar-refractivity contribution is 5.25. The highest BCUT2D eigenvalue weighted by Gasteiger charge is 2.43. The summed E-state index contributed by atoms with van der Waals surface area (Å²) in [6, 6.07) is 9.01. The molecule has 0 radical (unpaired) electrons. The van der Waals surface area contributed by atoms with E-state index >= 15 is 0 Å². The zero-order valence-corrected chi connectivity index (χ0v) is 12.1. The number of benzene rings is 1. The lowest BCUT2D eigenvalue weighted by Gasteiger charge is -2.48. The van der Waals surface area contributed by atoms with E-state index in [0.717, 1.165) is 19.3 Å². The Morgan fingerprint density at radius 3 is 2.11 bits per heavy atom. The summed E-state index contributed by atoms with van der Waals surface area (Å²) < 4.78 is 0. The van der Waals surface area contributed by atoms with Crippen molar-refractivity contribution in [2.75, 3.05) is 0 Å². The van der Waals surface area contributed by atoms with Crippen LogP contribution in [0, 0.1) is 5.41 Å². The monoisotopic (exact) mass is 245 g/mol. The maximum absolute atomic E-state index is 6.74. The predicted octanol–water partition coefficient (Wildman–Crippen LogP) is 4.09. The van der Waals surface area contributed by atoms with Crippen molar-refractivity contribution in [1.82, 2.24) is 0 Å². The Kier molecular flexibility index (Phi) is 3.82. The van der Waals surface area contributed by atoms with E-state index in [1.165, 1.54) is 30.4 Å². The lowest BCUT2D eigenvalue weighted by molar-refractivity contribution is 0.0990. The number of rotatable bonds is 3. The van der Waals surface area contributed by atoms with E-state index < -0.39 is 0 Å². The van der Waals surface area contributed by atoms with Gasteiger partial charge in [0.05, 0.1) is 0 Å². The molecule has 1 aliphatic rings. The fraction of sp³-hybridized carbons (Fsp3) is 0.647. The number of aryl methyl sites for hydroxylation is 1. The minimum Gasteiger partial charge on any atom is -0.324 e. The Morgan fingerprint density at radius 2 is 1.56 bits per heavy atom. The van der Waals surface area contributed by atoms with Gasteiger partial charge in [-0.25, -0.2) is 0 Å². The molecule has 18 heavy (non-hydrogen) atoms. The molecule has 2 N–H and O–H groups in total. The quantitative estimate of drug-likeness (QED) is 0.853. The summed E-state index contributed by atoms with van der Waals surface area (Å²) in [4.78, 5) is 0. The molecule has 0 bridgehead atoms. The van der Waals surface area contributed by atoms with Crippen molar-refractivity contribution in [1.29, 1.82) is 0 Å². The van der Waals surface area contributed by atoms with Crippen molar-refractivity contribution in [2.45, 2.75) is 64.8 Å². The normalized spacial score (nSPS) is 27.1. The smallest absolute Gasteiger partial charge is 0.0246 e. The third-order valence-electron chi connectivity index (χ3n) is 4.97. The van der Waals surface area contributed by atoms with Gasteiger partial charge in [0.15, 0.2) is 0 Å². The van der Waals surface area contributed by atoms with Crippen molar-refractivity contribution in [3.05, 3.63) is 35.4 Å². The molecule has 1 nitrogen and oxygen atoms in total. The molecule has 1 heteroatoms. The van der Waals surface area contributed by atoms with Crippen LogP contribution < -0.4 is 5.73 Å². The summed E-state index contributed by atoms with van der Waals surface area (Å²) >= 11 is 0. The summed E-state index contributed by atoms with van der Waals surface area (Å²) in [6.45, 7) is 6.88. The molecule has 0 aliphatic heterocycles. The molecule has 1 aromatic carbocycles. The molecule has 0 heterocycles. The van der Waals surface area contributed by atoms with E-state index in [9.17, 15) is 0 Å². The second kappa shape index (κ2) is 5.05. The standard InChI is InChI=1S/C17H27N/c1-4-14-7-9-15(10-8-14)13-17(18)12-6-5-11-16(17,2)3/h7-10H,4-6,11-13,18H2,1-3H3. The maximum Gasteiger partial charge on any atom is 0.0246 e. The second-order valence-corrected chi connectivity index (χ2v) is 6.59. The van der Waals surface area contributed by atoms with Gasteiger partial charge >= 0.3 is 0 Å². The van der Waals surface area contributed by atoms with Crippen LogP contribution in [0.25, 0.3) is 0 Å². The first-order chi connectivity index (χ1) is 8.47. The molecule has 1 fully saturated rings. The lowest BCUT2D eigenvalue weighted by Crippen LogP contribution is -2.56. The van der Waals surface area contributed by atoms with E-state index in [-0.39, 0.29) is 11.0 Å². The van der Waals surface area contributed by atoms with E-state index in [0.29, 0.717) is 0 Å². The van der Waals surface area contributed by atoms with Crippen LogP contribution in [-0.4, -0.2) is 5.54 Å². The van der Waals surface area contributed by atoms with E-state index in [2.05, 4.69) is 45.0 Å². The second-order valence-electron chi connectivity index (χ2n) is 6.59. The van der Waals surface area contributed by atoms with Gasteiger partial charge in [-0.15, -0.1) is 0 Å². The Hall–Kier alpha value is -0.820. The average molecular weight is 245 g/mol. The SMILES string of the molecule is CCc1ccc(CC2(N)CCCCC2(C)C)cc1. The molecular weight excluding hydrogens is 218 g/mol. The minimum absolute atomic E-state index is 0.0288. The molecule has 1 saturated carbocycles. The molecule has 0 aromatic heterocycles. The van der Waals surface area contributed by atoms with Gasteiger partial charge in [-0.2, -0.15) is 0 Å². The lowest BCUT2D eigenvalue weighted by atomic mass is 9.61.